The number of hydrogen-bond acceptors (Lipinski definition) is 2. The van der Waals surface area contributed by atoms with Crippen LogP contribution in [0.1, 0.15) is 24.8 Å². The average molecular weight is 228 g/mol. The van der Waals surface area contributed by atoms with E-state index >= 15 is 0 Å². The molecule has 1 fully saturated rings. The zero-order valence-corrected chi connectivity index (χ0v) is 10.0. The summed E-state index contributed by atoms with van der Waals surface area (Å²) in [5, 5.41) is 0.742. The molecule has 0 atom stereocenters. The molecule has 0 unspecified atom stereocenters. The Morgan fingerprint density at radius 2 is 2.24 bits per heavy atom. The third-order valence-electron chi connectivity index (χ3n) is 3.73. The van der Waals surface area contributed by atoms with Crippen LogP contribution in [-0.4, -0.2) is 9.55 Å². The lowest BCUT2D eigenvalue weighted by Crippen LogP contribution is -2.27. The lowest BCUT2D eigenvalue weighted by atomic mass is 9.85. The lowest BCUT2D eigenvalue weighted by molar-refractivity contribution is 0.273. The summed E-state index contributed by atoms with van der Waals surface area (Å²) in [7, 11) is 0. The molecule has 17 heavy (non-hydrogen) atoms. The molecule has 1 aliphatic carbocycles. The second-order valence-electron chi connectivity index (χ2n) is 4.97. The van der Waals surface area contributed by atoms with Crippen LogP contribution in [0.4, 0.5) is 0 Å². The molecule has 0 radical (unpaired) electrons. The Bertz CT molecular complexity index is 611. The van der Waals surface area contributed by atoms with Gasteiger partial charge in [0.05, 0.1) is 17.2 Å². The zero-order chi connectivity index (χ0) is 11.8. The topological polar surface area (TPSA) is 34.9 Å². The highest BCUT2D eigenvalue weighted by molar-refractivity contribution is 5.80. The Kier molecular flexibility index (Phi) is 2.46. The minimum Gasteiger partial charge on any atom is -0.298 e. The molecule has 1 saturated carbocycles. The summed E-state index contributed by atoms with van der Waals surface area (Å²) in [6.45, 7) is 2.82. The quantitative estimate of drug-likeness (QED) is 0.791. The van der Waals surface area contributed by atoms with E-state index < -0.39 is 0 Å². The third-order valence-corrected chi connectivity index (χ3v) is 3.73. The van der Waals surface area contributed by atoms with Crippen LogP contribution in [0, 0.1) is 12.8 Å². The van der Waals surface area contributed by atoms with Gasteiger partial charge in [-0.2, -0.15) is 0 Å². The lowest BCUT2D eigenvalue weighted by Gasteiger charge is -2.25. The fourth-order valence-corrected chi connectivity index (χ4v) is 2.42. The summed E-state index contributed by atoms with van der Waals surface area (Å²) >= 11 is 0. The summed E-state index contributed by atoms with van der Waals surface area (Å²) in [6.07, 6.45) is 5.51. The predicted octanol–water partition coefficient (Wildman–Crippen LogP) is 2.51. The van der Waals surface area contributed by atoms with Crippen molar-refractivity contribution < 1.29 is 0 Å². The molecule has 3 heteroatoms. The van der Waals surface area contributed by atoms with Crippen LogP contribution < -0.4 is 5.56 Å². The average Bonchev–Trinajstić information content (AvgIpc) is 2.27. The second kappa shape index (κ2) is 3.99. The highest BCUT2D eigenvalue weighted by Gasteiger charge is 2.18. The van der Waals surface area contributed by atoms with E-state index in [1.54, 1.807) is 10.9 Å². The summed E-state index contributed by atoms with van der Waals surface area (Å²) in [5.74, 6) is 0.678. The predicted molar refractivity (Wildman–Crippen MR) is 68.1 cm³/mol. The van der Waals surface area contributed by atoms with Gasteiger partial charge in [0.2, 0.25) is 0 Å². The van der Waals surface area contributed by atoms with Crippen molar-refractivity contribution in [3.8, 4) is 0 Å². The zero-order valence-electron chi connectivity index (χ0n) is 10.0. The van der Waals surface area contributed by atoms with E-state index in [0.717, 1.165) is 23.0 Å². The van der Waals surface area contributed by atoms with Crippen molar-refractivity contribution in [3.63, 3.8) is 0 Å². The molecule has 0 amide bonds. The normalized spacial score (nSPS) is 16.1. The SMILES string of the molecule is Cc1cccc2c(=O)n(CC3CCC3)cnc12. The number of benzene rings is 1. The Labute approximate surface area is 100 Å². The Morgan fingerprint density at radius 3 is 2.94 bits per heavy atom. The van der Waals surface area contributed by atoms with Crippen LogP contribution in [0.3, 0.4) is 0 Å². The van der Waals surface area contributed by atoms with E-state index in [4.69, 9.17) is 0 Å². The van der Waals surface area contributed by atoms with Gasteiger partial charge in [-0.1, -0.05) is 18.6 Å². The van der Waals surface area contributed by atoms with Crippen molar-refractivity contribution in [1.29, 1.82) is 0 Å². The number of hydrogen-bond donors (Lipinski definition) is 0. The van der Waals surface area contributed by atoms with Crippen molar-refractivity contribution in [2.45, 2.75) is 32.7 Å². The van der Waals surface area contributed by atoms with Crippen LogP contribution in [0.5, 0.6) is 0 Å². The van der Waals surface area contributed by atoms with Crippen LogP contribution in [0.2, 0.25) is 0 Å². The number of rotatable bonds is 2. The minimum absolute atomic E-state index is 0.102. The summed E-state index contributed by atoms with van der Waals surface area (Å²) in [6, 6.07) is 5.79. The van der Waals surface area contributed by atoms with Gasteiger partial charge in [-0.15, -0.1) is 0 Å². The molecule has 0 aliphatic heterocycles. The summed E-state index contributed by atoms with van der Waals surface area (Å²) in [4.78, 5) is 16.7. The Morgan fingerprint density at radius 1 is 1.41 bits per heavy atom. The first-order valence-electron chi connectivity index (χ1n) is 6.20. The van der Waals surface area contributed by atoms with Gasteiger partial charge in [0.15, 0.2) is 0 Å². The molecule has 3 rings (SSSR count). The highest BCUT2D eigenvalue weighted by Crippen LogP contribution is 2.27. The molecule has 0 N–H and O–H groups in total. The molecular formula is C14H16N2O. The van der Waals surface area contributed by atoms with Gasteiger partial charge in [-0.25, -0.2) is 4.98 Å². The molecule has 1 aromatic heterocycles. The van der Waals surface area contributed by atoms with E-state index in [1.807, 2.05) is 25.1 Å². The molecule has 0 spiro atoms. The van der Waals surface area contributed by atoms with Crippen molar-refractivity contribution in [2.75, 3.05) is 0 Å². The van der Waals surface area contributed by atoms with Gasteiger partial charge in [0.25, 0.3) is 5.56 Å². The van der Waals surface area contributed by atoms with Crippen LogP contribution in [0.15, 0.2) is 29.3 Å². The first-order valence-corrected chi connectivity index (χ1v) is 6.20. The summed E-state index contributed by atoms with van der Waals surface area (Å²) in [5.41, 5.74) is 2.00. The van der Waals surface area contributed by atoms with Gasteiger partial charge < -0.3 is 0 Å². The number of nitrogens with zero attached hydrogens (tertiary/aromatic N) is 2. The van der Waals surface area contributed by atoms with E-state index in [9.17, 15) is 4.79 Å². The van der Waals surface area contributed by atoms with Gasteiger partial charge in [0.1, 0.15) is 0 Å². The molecule has 2 aromatic rings. The number of aromatic nitrogens is 2. The second-order valence-corrected chi connectivity index (χ2v) is 4.97. The van der Waals surface area contributed by atoms with Gasteiger partial charge in [-0.3, -0.25) is 9.36 Å². The monoisotopic (exact) mass is 228 g/mol. The van der Waals surface area contributed by atoms with E-state index in [-0.39, 0.29) is 5.56 Å². The van der Waals surface area contributed by atoms with Crippen molar-refractivity contribution >= 4 is 10.9 Å². The maximum absolute atomic E-state index is 12.3. The minimum atomic E-state index is 0.102. The largest absolute Gasteiger partial charge is 0.298 e. The Balaban J connectivity index is 2.09. The molecule has 88 valence electrons. The van der Waals surface area contributed by atoms with Crippen LogP contribution >= 0.6 is 0 Å². The Hall–Kier alpha value is -1.64. The summed E-state index contributed by atoms with van der Waals surface area (Å²) < 4.78 is 1.77. The molecule has 1 aliphatic rings. The van der Waals surface area contributed by atoms with Crippen LogP contribution in [0.25, 0.3) is 10.9 Å². The van der Waals surface area contributed by atoms with E-state index in [0.29, 0.717) is 5.92 Å². The van der Waals surface area contributed by atoms with Gasteiger partial charge in [-0.05, 0) is 37.3 Å². The van der Waals surface area contributed by atoms with Crippen molar-refractivity contribution in [3.05, 3.63) is 40.4 Å². The molecule has 1 heterocycles. The van der Waals surface area contributed by atoms with Gasteiger partial charge >= 0.3 is 0 Å². The number of aryl methyl sites for hydroxylation is 1. The maximum atomic E-state index is 12.3. The van der Waals surface area contributed by atoms with Crippen molar-refractivity contribution in [1.82, 2.24) is 9.55 Å². The molecular weight excluding hydrogens is 212 g/mol. The maximum Gasteiger partial charge on any atom is 0.261 e. The first-order chi connectivity index (χ1) is 8.25. The first kappa shape index (κ1) is 10.5. The number of para-hydroxylation sites is 1. The fraction of sp³-hybridized carbons (Fsp3) is 0.429. The van der Waals surface area contributed by atoms with Gasteiger partial charge in [0, 0.05) is 6.54 Å². The van der Waals surface area contributed by atoms with E-state index in [1.165, 1.54) is 19.3 Å². The van der Waals surface area contributed by atoms with Crippen LogP contribution in [-0.2, 0) is 6.54 Å². The fourth-order valence-electron chi connectivity index (χ4n) is 2.42. The third kappa shape index (κ3) is 1.75. The van der Waals surface area contributed by atoms with Crippen molar-refractivity contribution in [2.24, 2.45) is 5.92 Å². The van der Waals surface area contributed by atoms with E-state index in [2.05, 4.69) is 4.98 Å². The smallest absolute Gasteiger partial charge is 0.261 e. The molecule has 0 saturated heterocycles. The standard InChI is InChI=1S/C14H16N2O/c1-10-4-2-7-12-13(10)15-9-16(14(12)17)8-11-5-3-6-11/h2,4,7,9,11H,3,5-6,8H2,1H3. The highest BCUT2D eigenvalue weighted by atomic mass is 16.1. The molecule has 3 nitrogen and oxygen atoms in total. The molecule has 0 bridgehead atoms. The molecule has 1 aromatic carbocycles. The number of fused-ring (bicyclic) bond motifs is 1.